The van der Waals surface area contributed by atoms with Crippen molar-refractivity contribution in [3.8, 4) is 0 Å². The molecule has 4 aromatic rings. The van der Waals surface area contributed by atoms with Gasteiger partial charge in [-0.2, -0.15) is 0 Å². The fourth-order valence-corrected chi connectivity index (χ4v) is 3.69. The first-order valence-electron chi connectivity index (χ1n) is 8.92. The maximum Gasteiger partial charge on any atom is 0.274 e. The first-order chi connectivity index (χ1) is 14.2. The van der Waals surface area contributed by atoms with Gasteiger partial charge in [-0.15, -0.1) is 11.3 Å². The second-order valence-electron chi connectivity index (χ2n) is 6.30. The number of rotatable bonds is 6. The predicted molar refractivity (Wildman–Crippen MR) is 118 cm³/mol. The van der Waals surface area contributed by atoms with Gasteiger partial charge in [0.15, 0.2) is 5.13 Å². The van der Waals surface area contributed by atoms with Crippen molar-refractivity contribution in [3.05, 3.63) is 100 Å². The summed E-state index contributed by atoms with van der Waals surface area (Å²) < 4.78 is 1.90. The van der Waals surface area contributed by atoms with Crippen LogP contribution in [-0.2, 0) is 6.54 Å². The summed E-state index contributed by atoms with van der Waals surface area (Å²) in [6.07, 6.45) is 9.20. The number of aromatic nitrogens is 3. The van der Waals surface area contributed by atoms with Crippen molar-refractivity contribution < 1.29 is 4.79 Å². The van der Waals surface area contributed by atoms with Gasteiger partial charge in [0.2, 0.25) is 0 Å². The summed E-state index contributed by atoms with van der Waals surface area (Å²) in [5.41, 5.74) is 3.42. The number of halogens is 1. The zero-order valence-corrected chi connectivity index (χ0v) is 16.9. The second-order valence-corrected chi connectivity index (χ2v) is 7.59. The van der Waals surface area contributed by atoms with Crippen LogP contribution in [0.4, 0.5) is 5.13 Å². The lowest BCUT2D eigenvalue weighted by Gasteiger charge is -2.08. The highest BCUT2D eigenvalue weighted by Crippen LogP contribution is 2.20. The summed E-state index contributed by atoms with van der Waals surface area (Å²) in [4.78, 5) is 21.2. The SMILES string of the molecule is O=C(Nc1nc(/C=C\c2cccc(Cl)c2)cs1)c1cccn1Cc1ccncc1. The molecule has 1 N–H and O–H groups in total. The van der Waals surface area contributed by atoms with Crippen molar-refractivity contribution in [3.63, 3.8) is 0 Å². The molecule has 3 aromatic heterocycles. The molecule has 3 heterocycles. The molecule has 0 saturated heterocycles. The van der Waals surface area contributed by atoms with Crippen LogP contribution in [0.3, 0.4) is 0 Å². The molecular weight excluding hydrogens is 404 g/mol. The minimum atomic E-state index is -0.191. The van der Waals surface area contributed by atoms with Crippen molar-refractivity contribution in [1.29, 1.82) is 0 Å². The Bertz CT molecular complexity index is 1150. The molecule has 5 nitrogen and oxygen atoms in total. The molecule has 0 aliphatic rings. The number of nitrogens with one attached hydrogen (secondary N) is 1. The number of carbonyl (C=O) groups excluding carboxylic acids is 1. The maximum absolute atomic E-state index is 12.7. The number of nitrogens with zero attached hydrogens (tertiary/aromatic N) is 3. The fraction of sp³-hybridized carbons (Fsp3) is 0.0455. The number of amides is 1. The monoisotopic (exact) mass is 420 g/mol. The quantitative estimate of drug-likeness (QED) is 0.450. The van der Waals surface area contributed by atoms with Gasteiger partial charge in [0, 0.05) is 35.5 Å². The smallest absolute Gasteiger partial charge is 0.274 e. The van der Waals surface area contributed by atoms with E-state index in [2.05, 4.69) is 15.3 Å². The van der Waals surface area contributed by atoms with Crippen LogP contribution in [0.15, 0.2) is 72.5 Å². The fourth-order valence-electron chi connectivity index (χ4n) is 2.82. The largest absolute Gasteiger partial charge is 0.339 e. The molecule has 0 saturated carbocycles. The van der Waals surface area contributed by atoms with E-state index in [9.17, 15) is 4.79 Å². The summed E-state index contributed by atoms with van der Waals surface area (Å²) in [7, 11) is 0. The highest BCUT2D eigenvalue weighted by atomic mass is 35.5. The van der Waals surface area contributed by atoms with Crippen molar-refractivity contribution in [2.45, 2.75) is 6.54 Å². The minimum absolute atomic E-state index is 0.191. The molecule has 0 spiro atoms. The van der Waals surface area contributed by atoms with Crippen molar-refractivity contribution in [2.24, 2.45) is 0 Å². The minimum Gasteiger partial charge on any atom is -0.339 e. The van der Waals surface area contributed by atoms with Gasteiger partial charge in [-0.1, -0.05) is 29.8 Å². The van der Waals surface area contributed by atoms with Gasteiger partial charge in [0.1, 0.15) is 5.69 Å². The number of hydrogen-bond donors (Lipinski definition) is 1. The number of pyridine rings is 1. The third kappa shape index (κ3) is 4.99. The van der Waals surface area contributed by atoms with Gasteiger partial charge in [0.25, 0.3) is 5.91 Å². The van der Waals surface area contributed by atoms with Crippen LogP contribution in [0, 0.1) is 0 Å². The van der Waals surface area contributed by atoms with E-state index in [1.165, 1.54) is 11.3 Å². The van der Waals surface area contributed by atoms with E-state index in [-0.39, 0.29) is 5.91 Å². The van der Waals surface area contributed by atoms with Gasteiger partial charge < -0.3 is 4.57 Å². The Kier molecular flexibility index (Phi) is 5.84. The first-order valence-corrected chi connectivity index (χ1v) is 10.2. The summed E-state index contributed by atoms with van der Waals surface area (Å²) in [6.45, 7) is 0.601. The summed E-state index contributed by atoms with van der Waals surface area (Å²) in [5, 5.41) is 6.02. The molecule has 1 amide bonds. The van der Waals surface area contributed by atoms with Crippen molar-refractivity contribution in [1.82, 2.24) is 14.5 Å². The second kappa shape index (κ2) is 8.86. The topological polar surface area (TPSA) is 59.8 Å². The molecule has 1 aromatic carbocycles. The molecule has 0 aliphatic heterocycles. The molecule has 0 bridgehead atoms. The number of benzene rings is 1. The number of thiazole rings is 1. The molecule has 0 unspecified atom stereocenters. The zero-order valence-electron chi connectivity index (χ0n) is 15.3. The van der Waals surface area contributed by atoms with E-state index >= 15 is 0 Å². The zero-order chi connectivity index (χ0) is 20.1. The summed E-state index contributed by atoms with van der Waals surface area (Å²) in [6, 6.07) is 15.1. The van der Waals surface area contributed by atoms with Crippen LogP contribution in [0.25, 0.3) is 12.2 Å². The Morgan fingerprint density at radius 1 is 1.14 bits per heavy atom. The third-order valence-corrected chi connectivity index (χ3v) is 5.21. The average molecular weight is 421 g/mol. The molecule has 0 radical (unpaired) electrons. The van der Waals surface area contributed by atoms with Gasteiger partial charge in [-0.25, -0.2) is 4.98 Å². The highest BCUT2D eigenvalue weighted by Gasteiger charge is 2.13. The Morgan fingerprint density at radius 2 is 2.00 bits per heavy atom. The lowest BCUT2D eigenvalue weighted by molar-refractivity contribution is 0.101. The molecule has 29 heavy (non-hydrogen) atoms. The normalized spacial score (nSPS) is 11.1. The van der Waals surface area contributed by atoms with E-state index in [1.807, 2.05) is 70.8 Å². The Labute approximate surface area is 177 Å². The van der Waals surface area contributed by atoms with Crippen LogP contribution in [-0.4, -0.2) is 20.4 Å². The Hall–Kier alpha value is -3.22. The van der Waals surface area contributed by atoms with Crippen LogP contribution < -0.4 is 5.32 Å². The molecule has 4 rings (SSSR count). The summed E-state index contributed by atoms with van der Waals surface area (Å²) in [5.74, 6) is -0.191. The van der Waals surface area contributed by atoms with Gasteiger partial charge in [-0.3, -0.25) is 15.1 Å². The number of carbonyl (C=O) groups is 1. The lowest BCUT2D eigenvalue weighted by atomic mass is 10.2. The van der Waals surface area contributed by atoms with E-state index in [1.54, 1.807) is 18.5 Å². The molecule has 7 heteroatoms. The first kappa shape index (κ1) is 19.1. The van der Waals surface area contributed by atoms with Crippen LogP contribution in [0.2, 0.25) is 5.02 Å². The van der Waals surface area contributed by atoms with Crippen molar-refractivity contribution >= 4 is 46.1 Å². The average Bonchev–Trinajstić information content (AvgIpc) is 3.37. The predicted octanol–water partition coefficient (Wildman–Crippen LogP) is 5.46. The molecule has 0 atom stereocenters. The Morgan fingerprint density at radius 3 is 2.83 bits per heavy atom. The molecule has 0 aliphatic carbocycles. The Balaban J connectivity index is 1.43. The van der Waals surface area contributed by atoms with E-state index in [0.717, 1.165) is 16.8 Å². The van der Waals surface area contributed by atoms with Crippen LogP contribution >= 0.6 is 22.9 Å². The van der Waals surface area contributed by atoms with Gasteiger partial charge in [0.05, 0.1) is 5.69 Å². The highest BCUT2D eigenvalue weighted by molar-refractivity contribution is 7.14. The number of anilines is 1. The maximum atomic E-state index is 12.7. The molecular formula is C22H17ClN4OS. The van der Waals surface area contributed by atoms with Crippen LogP contribution in [0.5, 0.6) is 0 Å². The van der Waals surface area contributed by atoms with Crippen molar-refractivity contribution in [2.75, 3.05) is 5.32 Å². The molecule has 0 fully saturated rings. The van der Waals surface area contributed by atoms with Gasteiger partial charge in [-0.05, 0) is 53.6 Å². The molecule has 144 valence electrons. The van der Waals surface area contributed by atoms with Gasteiger partial charge >= 0.3 is 0 Å². The van der Waals surface area contributed by atoms with E-state index < -0.39 is 0 Å². The van der Waals surface area contributed by atoms with Crippen LogP contribution in [0.1, 0.15) is 27.3 Å². The van der Waals surface area contributed by atoms with E-state index in [0.29, 0.717) is 22.4 Å². The third-order valence-electron chi connectivity index (χ3n) is 4.20. The summed E-state index contributed by atoms with van der Waals surface area (Å²) >= 11 is 7.39. The lowest BCUT2D eigenvalue weighted by Crippen LogP contribution is -2.17. The standard InChI is InChI=1S/C22H17ClN4OS/c23-18-4-1-3-16(13-18)6-7-19-15-29-22(25-19)26-21(28)20-5-2-12-27(20)14-17-8-10-24-11-9-17/h1-13,15H,14H2,(H,25,26,28)/b7-6-. The number of hydrogen-bond acceptors (Lipinski definition) is 4. The van der Waals surface area contributed by atoms with E-state index in [4.69, 9.17) is 11.6 Å².